The van der Waals surface area contributed by atoms with Gasteiger partial charge in [-0.25, -0.2) is 4.79 Å². The molecule has 0 aliphatic rings. The molecule has 0 saturated heterocycles. The van der Waals surface area contributed by atoms with Gasteiger partial charge in [0.1, 0.15) is 5.60 Å². The molecule has 0 radical (unpaired) electrons. The Kier molecular flexibility index (Phi) is 6.23. The summed E-state index contributed by atoms with van der Waals surface area (Å²) in [4.78, 5) is 14.0. The number of ether oxygens (including phenoxy) is 1. The lowest BCUT2D eigenvalue weighted by Gasteiger charge is -2.27. The van der Waals surface area contributed by atoms with Gasteiger partial charge in [-0.1, -0.05) is 25.5 Å². The van der Waals surface area contributed by atoms with Crippen LogP contribution >= 0.6 is 0 Å². The third-order valence-electron chi connectivity index (χ3n) is 2.89. The van der Waals surface area contributed by atoms with E-state index in [1.54, 1.807) is 17.0 Å². The summed E-state index contributed by atoms with van der Waals surface area (Å²) in [5.41, 5.74) is 1.12. The van der Waals surface area contributed by atoms with E-state index in [4.69, 9.17) is 10.00 Å². The van der Waals surface area contributed by atoms with Crippen LogP contribution in [0.1, 0.15) is 51.7 Å². The summed E-state index contributed by atoms with van der Waals surface area (Å²) in [6, 6.07) is 9.38. The van der Waals surface area contributed by atoms with E-state index < -0.39 is 5.60 Å². The van der Waals surface area contributed by atoms with Gasteiger partial charge in [0.2, 0.25) is 0 Å². The first-order valence-electron chi connectivity index (χ1n) is 7.32. The lowest BCUT2D eigenvalue weighted by atomic mass is 10.1. The molecular weight excluding hydrogens is 264 g/mol. The molecule has 114 valence electrons. The minimum Gasteiger partial charge on any atom is -0.444 e. The zero-order valence-corrected chi connectivity index (χ0v) is 13.3. The largest absolute Gasteiger partial charge is 0.444 e. The zero-order chi connectivity index (χ0) is 15.9. The molecule has 0 N–H and O–H groups in total. The van der Waals surface area contributed by atoms with Crippen molar-refractivity contribution in [1.82, 2.24) is 4.90 Å². The molecule has 4 nitrogen and oxygen atoms in total. The highest BCUT2D eigenvalue weighted by molar-refractivity contribution is 5.68. The summed E-state index contributed by atoms with van der Waals surface area (Å²) in [5, 5.41) is 8.81. The van der Waals surface area contributed by atoms with Crippen LogP contribution in [0.4, 0.5) is 4.79 Å². The molecule has 0 unspecified atom stereocenters. The Labute approximate surface area is 127 Å². The Morgan fingerprint density at radius 2 is 1.90 bits per heavy atom. The van der Waals surface area contributed by atoms with Gasteiger partial charge in [0, 0.05) is 13.1 Å². The van der Waals surface area contributed by atoms with Crippen LogP contribution < -0.4 is 0 Å². The summed E-state index contributed by atoms with van der Waals surface area (Å²) in [5.74, 6) is 0. The normalized spacial score (nSPS) is 10.8. The van der Waals surface area contributed by atoms with Crippen molar-refractivity contribution in [3.63, 3.8) is 0 Å². The Morgan fingerprint density at radius 1 is 1.29 bits per heavy atom. The van der Waals surface area contributed by atoms with Crippen molar-refractivity contribution >= 4 is 6.09 Å². The van der Waals surface area contributed by atoms with Crippen molar-refractivity contribution in [2.75, 3.05) is 6.54 Å². The molecule has 0 heterocycles. The molecule has 0 spiro atoms. The lowest BCUT2D eigenvalue weighted by molar-refractivity contribution is 0.0231. The number of rotatable bonds is 5. The first kappa shape index (κ1) is 17.0. The van der Waals surface area contributed by atoms with Crippen molar-refractivity contribution in [3.05, 3.63) is 35.4 Å². The fraction of sp³-hybridized carbons (Fsp3) is 0.529. The van der Waals surface area contributed by atoms with Crippen LogP contribution in [0.25, 0.3) is 0 Å². The molecule has 1 aromatic rings. The molecule has 21 heavy (non-hydrogen) atoms. The highest BCUT2D eigenvalue weighted by Crippen LogP contribution is 2.14. The van der Waals surface area contributed by atoms with E-state index in [0.29, 0.717) is 18.7 Å². The van der Waals surface area contributed by atoms with Crippen molar-refractivity contribution < 1.29 is 9.53 Å². The Morgan fingerprint density at radius 3 is 2.38 bits per heavy atom. The number of unbranched alkanes of at least 4 members (excludes halogenated alkanes) is 1. The van der Waals surface area contributed by atoms with Gasteiger partial charge in [0.25, 0.3) is 0 Å². The molecule has 1 aromatic carbocycles. The van der Waals surface area contributed by atoms with E-state index in [2.05, 4.69) is 13.0 Å². The van der Waals surface area contributed by atoms with Gasteiger partial charge in [0.15, 0.2) is 0 Å². The number of nitriles is 1. The average molecular weight is 288 g/mol. The van der Waals surface area contributed by atoms with E-state index in [9.17, 15) is 4.79 Å². The summed E-state index contributed by atoms with van der Waals surface area (Å²) >= 11 is 0. The molecule has 0 saturated carbocycles. The highest BCUT2D eigenvalue weighted by atomic mass is 16.6. The minimum absolute atomic E-state index is 0.291. The second kappa shape index (κ2) is 7.68. The van der Waals surface area contributed by atoms with Crippen molar-refractivity contribution in [1.29, 1.82) is 5.26 Å². The number of hydrogen-bond acceptors (Lipinski definition) is 3. The van der Waals surface area contributed by atoms with Gasteiger partial charge in [-0.2, -0.15) is 5.26 Å². The summed E-state index contributed by atoms with van der Waals surface area (Å²) in [6.07, 6.45) is 1.67. The van der Waals surface area contributed by atoms with Crippen molar-refractivity contribution in [2.45, 2.75) is 52.7 Å². The van der Waals surface area contributed by atoms with Crippen LogP contribution in [-0.2, 0) is 11.3 Å². The third-order valence-corrected chi connectivity index (χ3v) is 2.89. The predicted octanol–water partition coefficient (Wildman–Crippen LogP) is 4.10. The van der Waals surface area contributed by atoms with Crippen LogP contribution in [-0.4, -0.2) is 23.1 Å². The predicted molar refractivity (Wildman–Crippen MR) is 82.7 cm³/mol. The van der Waals surface area contributed by atoms with Crippen molar-refractivity contribution in [2.24, 2.45) is 0 Å². The zero-order valence-electron chi connectivity index (χ0n) is 13.3. The Hall–Kier alpha value is -2.02. The lowest BCUT2D eigenvalue weighted by Crippen LogP contribution is -2.37. The maximum atomic E-state index is 12.2. The molecule has 4 heteroatoms. The van der Waals surface area contributed by atoms with Crippen LogP contribution in [0, 0.1) is 11.3 Å². The molecule has 0 aliphatic heterocycles. The molecule has 1 amide bonds. The van der Waals surface area contributed by atoms with E-state index >= 15 is 0 Å². The van der Waals surface area contributed by atoms with Gasteiger partial charge in [-0.05, 0) is 44.9 Å². The molecule has 0 aliphatic carbocycles. The van der Waals surface area contributed by atoms with E-state index in [0.717, 1.165) is 18.4 Å². The SMILES string of the molecule is CCCCN(Cc1ccc(C#N)cc1)C(=O)OC(C)(C)C. The van der Waals surface area contributed by atoms with Gasteiger partial charge in [0.05, 0.1) is 11.6 Å². The third kappa shape index (κ3) is 6.31. The van der Waals surface area contributed by atoms with Crippen LogP contribution in [0.15, 0.2) is 24.3 Å². The number of benzene rings is 1. The molecule has 1 rings (SSSR count). The monoisotopic (exact) mass is 288 g/mol. The number of hydrogen-bond donors (Lipinski definition) is 0. The van der Waals surface area contributed by atoms with E-state index in [1.807, 2.05) is 32.9 Å². The molecular formula is C17H24N2O2. The summed E-state index contributed by atoms with van der Waals surface area (Å²) in [7, 11) is 0. The van der Waals surface area contributed by atoms with E-state index in [-0.39, 0.29) is 6.09 Å². The Bertz CT molecular complexity index is 495. The summed E-state index contributed by atoms with van der Waals surface area (Å²) in [6.45, 7) is 8.86. The molecule has 0 aromatic heterocycles. The minimum atomic E-state index is -0.494. The van der Waals surface area contributed by atoms with E-state index in [1.165, 1.54) is 0 Å². The fourth-order valence-electron chi connectivity index (χ4n) is 1.82. The van der Waals surface area contributed by atoms with Crippen LogP contribution in [0.3, 0.4) is 0 Å². The van der Waals surface area contributed by atoms with Gasteiger partial charge >= 0.3 is 6.09 Å². The Balaban J connectivity index is 2.77. The number of nitrogens with zero attached hydrogens (tertiary/aromatic N) is 2. The summed E-state index contributed by atoms with van der Waals surface area (Å²) < 4.78 is 5.45. The van der Waals surface area contributed by atoms with Gasteiger partial charge in [-0.3, -0.25) is 0 Å². The highest BCUT2D eigenvalue weighted by Gasteiger charge is 2.21. The van der Waals surface area contributed by atoms with Gasteiger partial charge < -0.3 is 9.64 Å². The molecule has 0 atom stereocenters. The topological polar surface area (TPSA) is 53.3 Å². The first-order valence-corrected chi connectivity index (χ1v) is 7.32. The standard InChI is InChI=1S/C17H24N2O2/c1-5-6-11-19(16(20)21-17(2,3)4)13-15-9-7-14(12-18)8-10-15/h7-10H,5-6,11,13H2,1-4H3. The smallest absolute Gasteiger partial charge is 0.410 e. The van der Waals surface area contributed by atoms with Crippen LogP contribution in [0.2, 0.25) is 0 Å². The number of carbonyl (C=O) groups excluding carboxylic acids is 1. The maximum absolute atomic E-state index is 12.2. The second-order valence-corrected chi connectivity index (χ2v) is 6.06. The average Bonchev–Trinajstić information content (AvgIpc) is 2.42. The molecule has 0 fully saturated rings. The maximum Gasteiger partial charge on any atom is 0.410 e. The second-order valence-electron chi connectivity index (χ2n) is 6.06. The number of amides is 1. The fourth-order valence-corrected chi connectivity index (χ4v) is 1.82. The first-order chi connectivity index (χ1) is 9.85. The number of carbonyl (C=O) groups is 1. The van der Waals surface area contributed by atoms with Crippen LogP contribution in [0.5, 0.6) is 0 Å². The van der Waals surface area contributed by atoms with Crippen molar-refractivity contribution in [3.8, 4) is 6.07 Å². The van der Waals surface area contributed by atoms with Gasteiger partial charge in [-0.15, -0.1) is 0 Å². The molecule has 0 bridgehead atoms. The quantitative estimate of drug-likeness (QED) is 0.819.